The maximum atomic E-state index is 11.9. The molecular weight excluding hydrogens is 270 g/mol. The van der Waals surface area contributed by atoms with Crippen LogP contribution in [0.15, 0.2) is 24.8 Å². The van der Waals surface area contributed by atoms with Gasteiger partial charge in [0.15, 0.2) is 5.69 Å². The minimum absolute atomic E-state index is 0.203. The number of amides is 1. The largest absolute Gasteiger partial charge is 0.379 e. The summed E-state index contributed by atoms with van der Waals surface area (Å²) in [4.78, 5) is 14.2. The average molecular weight is 291 g/mol. The molecule has 2 rings (SSSR count). The van der Waals surface area contributed by atoms with Gasteiger partial charge in [0.25, 0.3) is 5.91 Å². The Balaban J connectivity index is 1.73. The Morgan fingerprint density at radius 3 is 2.86 bits per heavy atom. The molecule has 1 fully saturated rings. The number of hydrogen-bond acceptors (Lipinski definition) is 6. The highest BCUT2D eigenvalue weighted by atomic mass is 16.5. The molecule has 0 atom stereocenters. The number of hydrogen-bond donors (Lipinski definition) is 2. The Bertz CT molecular complexity index is 457. The van der Waals surface area contributed by atoms with E-state index in [-0.39, 0.29) is 5.91 Å². The van der Waals surface area contributed by atoms with Gasteiger partial charge in [0, 0.05) is 32.7 Å². The van der Waals surface area contributed by atoms with Gasteiger partial charge in [-0.1, -0.05) is 6.08 Å². The molecule has 0 bridgehead atoms. The Hall–Kier alpha value is -1.99. The Morgan fingerprint density at radius 2 is 2.19 bits per heavy atom. The van der Waals surface area contributed by atoms with E-state index in [4.69, 9.17) is 4.74 Å². The molecule has 0 unspecified atom stereocenters. The summed E-state index contributed by atoms with van der Waals surface area (Å²) in [5, 5.41) is 13.7. The lowest BCUT2D eigenvalue weighted by Crippen LogP contribution is -2.41. The number of carbonyl (C=O) groups is 1. The maximum absolute atomic E-state index is 11.9. The van der Waals surface area contributed by atoms with Crippen molar-refractivity contribution in [2.45, 2.75) is 0 Å². The Morgan fingerprint density at radius 1 is 1.38 bits per heavy atom. The van der Waals surface area contributed by atoms with E-state index in [1.807, 2.05) is 0 Å². The summed E-state index contributed by atoms with van der Waals surface area (Å²) < 4.78 is 5.28. The minimum atomic E-state index is -0.203. The number of carbonyl (C=O) groups excluding carboxylic acids is 1. The zero-order valence-electron chi connectivity index (χ0n) is 12.0. The first-order valence-corrected chi connectivity index (χ1v) is 7.06. The predicted molar refractivity (Wildman–Crippen MR) is 80.3 cm³/mol. The first-order chi connectivity index (χ1) is 10.3. The lowest BCUT2D eigenvalue weighted by molar-refractivity contribution is 0.0383. The highest BCUT2D eigenvalue weighted by molar-refractivity contribution is 5.92. The molecule has 1 amide bonds. The lowest BCUT2D eigenvalue weighted by Gasteiger charge is -2.26. The average Bonchev–Trinajstić information content (AvgIpc) is 2.54. The number of anilines is 1. The molecule has 0 spiro atoms. The van der Waals surface area contributed by atoms with Gasteiger partial charge in [-0.15, -0.1) is 16.8 Å². The smallest absolute Gasteiger partial charge is 0.271 e. The van der Waals surface area contributed by atoms with Gasteiger partial charge in [-0.2, -0.15) is 0 Å². The predicted octanol–water partition coefficient (Wildman–Crippen LogP) is 0.137. The van der Waals surface area contributed by atoms with Gasteiger partial charge in [0.1, 0.15) is 5.82 Å². The van der Waals surface area contributed by atoms with E-state index in [0.29, 0.717) is 24.6 Å². The lowest BCUT2D eigenvalue weighted by atomic mass is 10.3. The van der Waals surface area contributed by atoms with E-state index in [0.717, 1.165) is 32.8 Å². The number of ether oxygens (including phenoxy) is 1. The molecule has 21 heavy (non-hydrogen) atoms. The van der Waals surface area contributed by atoms with Crippen molar-refractivity contribution < 1.29 is 9.53 Å². The molecule has 7 heteroatoms. The van der Waals surface area contributed by atoms with Crippen molar-refractivity contribution in [2.75, 3.05) is 51.3 Å². The molecule has 1 aliphatic heterocycles. The van der Waals surface area contributed by atoms with E-state index in [1.165, 1.54) is 0 Å². The second-order valence-electron chi connectivity index (χ2n) is 4.68. The van der Waals surface area contributed by atoms with Gasteiger partial charge in [-0.25, -0.2) is 0 Å². The zero-order chi connectivity index (χ0) is 14.9. The van der Waals surface area contributed by atoms with Crippen LogP contribution in [0, 0.1) is 0 Å². The third kappa shape index (κ3) is 5.13. The van der Waals surface area contributed by atoms with E-state index < -0.39 is 0 Å². The second kappa shape index (κ2) is 8.33. The van der Waals surface area contributed by atoms with Gasteiger partial charge in [0.05, 0.1) is 13.2 Å². The fraction of sp³-hybridized carbons (Fsp3) is 0.500. The van der Waals surface area contributed by atoms with E-state index >= 15 is 0 Å². The molecule has 0 radical (unpaired) electrons. The van der Waals surface area contributed by atoms with Crippen LogP contribution in [-0.4, -0.2) is 66.9 Å². The van der Waals surface area contributed by atoms with Gasteiger partial charge in [-0.05, 0) is 12.1 Å². The van der Waals surface area contributed by atoms with Crippen molar-refractivity contribution in [1.29, 1.82) is 0 Å². The van der Waals surface area contributed by atoms with Crippen LogP contribution in [0.5, 0.6) is 0 Å². The van der Waals surface area contributed by atoms with Crippen LogP contribution < -0.4 is 10.6 Å². The summed E-state index contributed by atoms with van der Waals surface area (Å²) in [6.45, 7) is 8.99. The molecule has 1 aliphatic rings. The third-order valence-electron chi connectivity index (χ3n) is 3.14. The quantitative estimate of drug-likeness (QED) is 0.696. The number of morpholine rings is 1. The standard InChI is InChI=1S/C14H21N5O2/c1-2-5-15-13-4-3-12(17-18-13)14(20)16-6-7-19-8-10-21-11-9-19/h2-4H,1,5-11H2,(H,15,18)(H,16,20). The van der Waals surface area contributed by atoms with E-state index in [1.54, 1.807) is 18.2 Å². The summed E-state index contributed by atoms with van der Waals surface area (Å²) >= 11 is 0. The molecule has 1 aromatic heterocycles. The van der Waals surface area contributed by atoms with Crippen LogP contribution in [0.2, 0.25) is 0 Å². The molecular formula is C14H21N5O2. The summed E-state index contributed by atoms with van der Waals surface area (Å²) in [6.07, 6.45) is 1.73. The first kappa shape index (κ1) is 15.4. The normalized spacial score (nSPS) is 15.4. The fourth-order valence-corrected chi connectivity index (χ4v) is 1.97. The molecule has 114 valence electrons. The van der Waals surface area contributed by atoms with Crippen LogP contribution in [0.3, 0.4) is 0 Å². The highest BCUT2D eigenvalue weighted by Gasteiger charge is 2.11. The minimum Gasteiger partial charge on any atom is -0.379 e. The van der Waals surface area contributed by atoms with Crippen molar-refractivity contribution >= 4 is 11.7 Å². The molecule has 0 saturated carbocycles. The molecule has 7 nitrogen and oxygen atoms in total. The van der Waals surface area contributed by atoms with Crippen molar-refractivity contribution in [1.82, 2.24) is 20.4 Å². The van der Waals surface area contributed by atoms with Gasteiger partial charge in [0.2, 0.25) is 0 Å². The van der Waals surface area contributed by atoms with Crippen molar-refractivity contribution in [2.24, 2.45) is 0 Å². The Labute approximate surface area is 124 Å². The Kier molecular flexibility index (Phi) is 6.11. The van der Waals surface area contributed by atoms with Gasteiger partial charge >= 0.3 is 0 Å². The fourth-order valence-electron chi connectivity index (χ4n) is 1.97. The van der Waals surface area contributed by atoms with Crippen molar-refractivity contribution in [3.05, 3.63) is 30.5 Å². The summed E-state index contributed by atoms with van der Waals surface area (Å²) in [5.74, 6) is 0.422. The van der Waals surface area contributed by atoms with E-state index in [2.05, 4.69) is 32.3 Å². The second-order valence-corrected chi connectivity index (χ2v) is 4.68. The van der Waals surface area contributed by atoms with Crippen LogP contribution in [-0.2, 0) is 4.74 Å². The monoisotopic (exact) mass is 291 g/mol. The SMILES string of the molecule is C=CCNc1ccc(C(=O)NCCN2CCOCC2)nn1. The maximum Gasteiger partial charge on any atom is 0.271 e. The molecule has 2 heterocycles. The number of rotatable bonds is 7. The summed E-state index contributed by atoms with van der Waals surface area (Å²) in [7, 11) is 0. The topological polar surface area (TPSA) is 79.4 Å². The molecule has 1 aromatic rings. The van der Waals surface area contributed by atoms with Crippen LogP contribution in [0.1, 0.15) is 10.5 Å². The summed E-state index contributed by atoms with van der Waals surface area (Å²) in [5.41, 5.74) is 0.320. The number of nitrogens with one attached hydrogen (secondary N) is 2. The molecule has 2 N–H and O–H groups in total. The van der Waals surface area contributed by atoms with E-state index in [9.17, 15) is 4.79 Å². The third-order valence-corrected chi connectivity index (χ3v) is 3.14. The van der Waals surface area contributed by atoms with Crippen molar-refractivity contribution in [3.63, 3.8) is 0 Å². The first-order valence-electron chi connectivity index (χ1n) is 7.06. The van der Waals surface area contributed by atoms with Gasteiger partial charge in [-0.3, -0.25) is 9.69 Å². The van der Waals surface area contributed by atoms with Crippen LogP contribution in [0.4, 0.5) is 5.82 Å². The number of nitrogens with zero attached hydrogens (tertiary/aromatic N) is 3. The van der Waals surface area contributed by atoms with Crippen molar-refractivity contribution in [3.8, 4) is 0 Å². The van der Waals surface area contributed by atoms with Crippen LogP contribution in [0.25, 0.3) is 0 Å². The molecule has 0 aliphatic carbocycles. The summed E-state index contributed by atoms with van der Waals surface area (Å²) in [6, 6.07) is 3.38. The number of aromatic nitrogens is 2. The molecule has 1 saturated heterocycles. The van der Waals surface area contributed by atoms with Gasteiger partial charge < -0.3 is 15.4 Å². The van der Waals surface area contributed by atoms with Crippen LogP contribution >= 0.6 is 0 Å². The molecule has 0 aromatic carbocycles. The zero-order valence-corrected chi connectivity index (χ0v) is 12.0. The highest BCUT2D eigenvalue weighted by Crippen LogP contribution is 2.01.